The minimum atomic E-state index is -0.172. The lowest BCUT2D eigenvalue weighted by Gasteiger charge is -2.19. The number of hydrogen-bond acceptors (Lipinski definition) is 3. The molecule has 0 bridgehead atoms. The first-order valence-electron chi connectivity index (χ1n) is 6.99. The largest absolute Gasteiger partial charge is 0.482 e. The van der Waals surface area contributed by atoms with Crippen LogP contribution in [-0.4, -0.2) is 24.5 Å². The smallest absolute Gasteiger partial charge is 0.262 e. The Hall–Kier alpha value is -2.04. The van der Waals surface area contributed by atoms with E-state index in [0.717, 1.165) is 12.8 Å². The van der Waals surface area contributed by atoms with Crippen LogP contribution in [0.15, 0.2) is 18.2 Å². The lowest BCUT2D eigenvalue weighted by Crippen LogP contribution is -2.33. The highest BCUT2D eigenvalue weighted by Crippen LogP contribution is 2.29. The van der Waals surface area contributed by atoms with E-state index in [1.54, 1.807) is 18.2 Å². The van der Waals surface area contributed by atoms with Crippen molar-refractivity contribution in [2.24, 2.45) is 5.92 Å². The summed E-state index contributed by atoms with van der Waals surface area (Å²) in [5.41, 5.74) is 1.19. The number of carbonyl (C=O) groups is 2. The van der Waals surface area contributed by atoms with Gasteiger partial charge in [0.2, 0.25) is 0 Å². The Labute approximate surface area is 117 Å². The first-order valence-corrected chi connectivity index (χ1v) is 6.99. The van der Waals surface area contributed by atoms with E-state index < -0.39 is 0 Å². The van der Waals surface area contributed by atoms with Gasteiger partial charge in [0.1, 0.15) is 5.75 Å². The van der Waals surface area contributed by atoms with E-state index in [9.17, 15) is 9.59 Å². The molecule has 2 N–H and O–H groups in total. The van der Waals surface area contributed by atoms with Crippen molar-refractivity contribution in [3.8, 4) is 5.75 Å². The zero-order chi connectivity index (χ0) is 14.1. The molecule has 2 aliphatic rings. The summed E-state index contributed by atoms with van der Waals surface area (Å²) in [6, 6.07) is 5.37. The average Bonchev–Trinajstić information content (AvgIpc) is 2.83. The van der Waals surface area contributed by atoms with Gasteiger partial charge < -0.3 is 15.4 Å². The van der Waals surface area contributed by atoms with Gasteiger partial charge in [-0.2, -0.15) is 0 Å². The number of hydrogen-bond donors (Lipinski definition) is 2. The van der Waals surface area contributed by atoms with E-state index in [1.165, 1.54) is 6.42 Å². The number of anilines is 1. The number of ether oxygens (including phenoxy) is 1. The van der Waals surface area contributed by atoms with Gasteiger partial charge in [-0.05, 0) is 43.4 Å². The van der Waals surface area contributed by atoms with Crippen molar-refractivity contribution in [1.29, 1.82) is 0 Å². The van der Waals surface area contributed by atoms with Crippen LogP contribution < -0.4 is 15.4 Å². The van der Waals surface area contributed by atoms with E-state index >= 15 is 0 Å². The molecule has 0 spiro atoms. The fraction of sp³-hybridized carbons (Fsp3) is 0.467. The first kappa shape index (κ1) is 13.0. The molecule has 5 heteroatoms. The minimum Gasteiger partial charge on any atom is -0.482 e. The van der Waals surface area contributed by atoms with Crippen LogP contribution >= 0.6 is 0 Å². The summed E-state index contributed by atoms with van der Waals surface area (Å²) >= 11 is 0. The SMILES string of the molecule is CC1CCC(NC(=O)c2ccc3c(c2)OCC(=O)N3)C1. The molecule has 1 saturated carbocycles. The molecular formula is C15H18N2O3. The van der Waals surface area contributed by atoms with Crippen LogP contribution in [0.1, 0.15) is 36.5 Å². The Kier molecular flexibility index (Phi) is 3.34. The third-order valence-corrected chi connectivity index (χ3v) is 3.91. The molecule has 2 amide bonds. The van der Waals surface area contributed by atoms with Crippen LogP contribution in [0.25, 0.3) is 0 Å². The molecule has 106 valence electrons. The van der Waals surface area contributed by atoms with Gasteiger partial charge in [0.15, 0.2) is 6.61 Å². The van der Waals surface area contributed by atoms with Crippen molar-refractivity contribution in [3.05, 3.63) is 23.8 Å². The van der Waals surface area contributed by atoms with Gasteiger partial charge in [0.25, 0.3) is 11.8 Å². The van der Waals surface area contributed by atoms with E-state index in [-0.39, 0.29) is 24.5 Å². The lowest BCUT2D eigenvalue weighted by molar-refractivity contribution is -0.118. The predicted molar refractivity (Wildman–Crippen MR) is 74.8 cm³/mol. The van der Waals surface area contributed by atoms with Crippen LogP contribution in [0.5, 0.6) is 5.75 Å². The van der Waals surface area contributed by atoms with Gasteiger partial charge >= 0.3 is 0 Å². The second-order valence-electron chi connectivity index (χ2n) is 5.64. The minimum absolute atomic E-state index is 0.00177. The summed E-state index contributed by atoms with van der Waals surface area (Å²) in [6.45, 7) is 2.21. The maximum absolute atomic E-state index is 12.2. The maximum atomic E-state index is 12.2. The van der Waals surface area contributed by atoms with Gasteiger partial charge in [-0.1, -0.05) is 6.92 Å². The highest BCUT2D eigenvalue weighted by Gasteiger charge is 2.24. The number of nitrogens with one attached hydrogen (secondary N) is 2. The molecule has 1 aliphatic carbocycles. The number of amides is 2. The third-order valence-electron chi connectivity index (χ3n) is 3.91. The van der Waals surface area contributed by atoms with Gasteiger partial charge in [0, 0.05) is 11.6 Å². The summed E-state index contributed by atoms with van der Waals surface area (Å²) in [4.78, 5) is 23.4. The standard InChI is InChI=1S/C15H18N2O3/c1-9-2-4-11(6-9)16-15(19)10-3-5-12-13(7-10)20-8-14(18)17-12/h3,5,7,9,11H,2,4,6,8H2,1H3,(H,16,19)(H,17,18). The van der Waals surface area contributed by atoms with Crippen molar-refractivity contribution in [3.63, 3.8) is 0 Å². The van der Waals surface area contributed by atoms with Gasteiger partial charge in [-0.3, -0.25) is 9.59 Å². The molecular weight excluding hydrogens is 256 g/mol. The normalized spacial score (nSPS) is 24.6. The summed E-state index contributed by atoms with van der Waals surface area (Å²) in [5, 5.41) is 5.77. The van der Waals surface area contributed by atoms with Crippen molar-refractivity contribution in [2.75, 3.05) is 11.9 Å². The molecule has 2 atom stereocenters. The third kappa shape index (κ3) is 2.61. The average molecular weight is 274 g/mol. The van der Waals surface area contributed by atoms with Crippen molar-refractivity contribution < 1.29 is 14.3 Å². The summed E-state index contributed by atoms with van der Waals surface area (Å²) in [6.07, 6.45) is 3.26. The van der Waals surface area contributed by atoms with Crippen LogP contribution in [-0.2, 0) is 4.79 Å². The molecule has 0 saturated heterocycles. The Morgan fingerprint density at radius 3 is 3.00 bits per heavy atom. The van der Waals surface area contributed by atoms with E-state index in [2.05, 4.69) is 17.6 Å². The number of carbonyl (C=O) groups excluding carboxylic acids is 2. The molecule has 5 nitrogen and oxygen atoms in total. The Morgan fingerprint density at radius 1 is 1.40 bits per heavy atom. The van der Waals surface area contributed by atoms with Crippen LogP contribution in [0.2, 0.25) is 0 Å². The van der Waals surface area contributed by atoms with Crippen molar-refractivity contribution >= 4 is 17.5 Å². The van der Waals surface area contributed by atoms with Gasteiger partial charge in [-0.15, -0.1) is 0 Å². The molecule has 0 aromatic heterocycles. The first-order chi connectivity index (χ1) is 9.61. The molecule has 1 aromatic carbocycles. The molecule has 1 heterocycles. The van der Waals surface area contributed by atoms with Crippen molar-refractivity contribution in [1.82, 2.24) is 5.32 Å². The van der Waals surface area contributed by atoms with E-state index in [1.807, 2.05) is 0 Å². The summed E-state index contributed by atoms with van der Waals surface area (Å²) in [5.74, 6) is 0.987. The van der Waals surface area contributed by atoms with Crippen LogP contribution in [0.4, 0.5) is 5.69 Å². The number of fused-ring (bicyclic) bond motifs is 1. The molecule has 1 fully saturated rings. The fourth-order valence-corrected chi connectivity index (χ4v) is 2.82. The number of benzene rings is 1. The van der Waals surface area contributed by atoms with E-state index in [0.29, 0.717) is 22.9 Å². The highest BCUT2D eigenvalue weighted by atomic mass is 16.5. The Balaban J connectivity index is 1.71. The highest BCUT2D eigenvalue weighted by molar-refractivity contribution is 5.99. The molecule has 20 heavy (non-hydrogen) atoms. The van der Waals surface area contributed by atoms with Gasteiger partial charge in [0.05, 0.1) is 5.69 Å². The van der Waals surface area contributed by atoms with Gasteiger partial charge in [-0.25, -0.2) is 0 Å². The summed E-state index contributed by atoms with van der Waals surface area (Å²) < 4.78 is 5.32. The Bertz CT molecular complexity index is 556. The Morgan fingerprint density at radius 2 is 2.25 bits per heavy atom. The van der Waals surface area contributed by atoms with Crippen molar-refractivity contribution in [2.45, 2.75) is 32.2 Å². The van der Waals surface area contributed by atoms with Crippen LogP contribution in [0.3, 0.4) is 0 Å². The molecule has 0 radical (unpaired) electrons. The maximum Gasteiger partial charge on any atom is 0.262 e. The molecule has 3 rings (SSSR count). The zero-order valence-corrected chi connectivity index (χ0v) is 11.4. The molecule has 1 aromatic rings. The quantitative estimate of drug-likeness (QED) is 0.866. The fourth-order valence-electron chi connectivity index (χ4n) is 2.82. The zero-order valence-electron chi connectivity index (χ0n) is 11.4. The summed E-state index contributed by atoms with van der Waals surface area (Å²) in [7, 11) is 0. The number of rotatable bonds is 2. The topological polar surface area (TPSA) is 67.4 Å². The monoisotopic (exact) mass is 274 g/mol. The van der Waals surface area contributed by atoms with E-state index in [4.69, 9.17) is 4.74 Å². The van der Waals surface area contributed by atoms with Crippen LogP contribution in [0, 0.1) is 5.92 Å². The molecule has 1 aliphatic heterocycles. The second kappa shape index (κ2) is 5.15. The molecule has 2 unspecified atom stereocenters. The predicted octanol–water partition coefficient (Wildman–Crippen LogP) is 1.94. The second-order valence-corrected chi connectivity index (χ2v) is 5.64. The lowest BCUT2D eigenvalue weighted by atomic mass is 10.1.